The Morgan fingerprint density at radius 3 is 2.58 bits per heavy atom. The average Bonchev–Trinajstić information content (AvgIpc) is 2.03. The van der Waals surface area contributed by atoms with Gasteiger partial charge in [0, 0.05) is 4.47 Å². The van der Waals surface area contributed by atoms with Gasteiger partial charge in [0.1, 0.15) is 0 Å². The van der Waals surface area contributed by atoms with Gasteiger partial charge in [-0.2, -0.15) is 0 Å². The molecule has 1 N–H and O–H groups in total. The van der Waals surface area contributed by atoms with Crippen LogP contribution < -0.4 is 0 Å². The molecule has 0 saturated carbocycles. The summed E-state index contributed by atoms with van der Waals surface area (Å²) in [5, 5.41) is 9.34. The Kier molecular flexibility index (Phi) is 3.29. The van der Waals surface area contributed by atoms with Crippen LogP contribution in [0.25, 0.3) is 0 Å². The maximum atomic E-state index is 9.34. The molecule has 0 radical (unpaired) electrons. The highest BCUT2D eigenvalue weighted by molar-refractivity contribution is 9.10. The van der Waals surface area contributed by atoms with Gasteiger partial charge >= 0.3 is 0 Å². The van der Waals surface area contributed by atoms with Crippen molar-refractivity contribution >= 4 is 15.9 Å². The normalized spacial score (nSPS) is 13.0. The number of rotatable bonds is 2. The summed E-state index contributed by atoms with van der Waals surface area (Å²) in [6.07, 6.45) is 0.629. The minimum absolute atomic E-state index is 0.398. The monoisotopic (exact) mass is 228 g/mol. The van der Waals surface area contributed by atoms with Crippen molar-refractivity contribution in [2.24, 2.45) is 0 Å². The molecule has 1 aromatic carbocycles. The van der Waals surface area contributed by atoms with E-state index in [1.807, 2.05) is 12.1 Å². The van der Waals surface area contributed by atoms with Gasteiger partial charge in [-0.15, -0.1) is 0 Å². The van der Waals surface area contributed by atoms with Gasteiger partial charge in [0.05, 0.1) is 6.10 Å². The van der Waals surface area contributed by atoms with Gasteiger partial charge in [-0.05, 0) is 30.5 Å². The first-order chi connectivity index (χ1) is 5.65. The molecule has 1 rings (SSSR count). The zero-order valence-corrected chi connectivity index (χ0v) is 8.93. The van der Waals surface area contributed by atoms with Crippen LogP contribution in [0.5, 0.6) is 0 Å². The maximum Gasteiger partial charge on any atom is 0.0772 e. The number of aryl methyl sites for hydroxylation is 1. The fraction of sp³-hybridized carbons (Fsp3) is 0.400. The van der Waals surface area contributed by atoms with Gasteiger partial charge in [-0.25, -0.2) is 0 Å². The number of hydrogen-bond donors (Lipinski definition) is 1. The molecular weight excluding hydrogens is 216 g/mol. The van der Waals surface area contributed by atoms with Crippen molar-refractivity contribution in [2.75, 3.05) is 0 Å². The van der Waals surface area contributed by atoms with Gasteiger partial charge < -0.3 is 5.11 Å². The Morgan fingerprint density at radius 1 is 1.50 bits per heavy atom. The summed E-state index contributed by atoms with van der Waals surface area (Å²) >= 11 is 3.43. The summed E-state index contributed by atoms with van der Waals surface area (Å²) in [6.45, 7) is 3.88. The second-order valence-electron chi connectivity index (χ2n) is 2.89. The Labute approximate surface area is 81.6 Å². The third-order valence-corrected chi connectivity index (χ3v) is 2.61. The summed E-state index contributed by atoms with van der Waals surface area (Å²) in [6, 6.07) is 6.07. The molecule has 0 fully saturated rings. The van der Waals surface area contributed by atoms with Crippen molar-refractivity contribution in [1.29, 1.82) is 0 Å². The smallest absolute Gasteiger partial charge is 0.0772 e. The van der Waals surface area contributed by atoms with E-state index in [1.165, 1.54) is 5.56 Å². The molecule has 1 aromatic rings. The molecule has 0 bridgehead atoms. The molecule has 0 saturated heterocycles. The van der Waals surface area contributed by atoms with Crippen molar-refractivity contribution in [2.45, 2.75) is 26.4 Å². The van der Waals surface area contributed by atoms with Crippen LogP contribution in [0.2, 0.25) is 0 Å². The zero-order chi connectivity index (χ0) is 9.14. The molecule has 0 heterocycles. The first-order valence-corrected chi connectivity index (χ1v) is 4.90. The minimum atomic E-state index is -0.398. The van der Waals surface area contributed by atoms with Crippen molar-refractivity contribution in [3.8, 4) is 0 Å². The number of halogens is 1. The molecule has 1 unspecified atom stereocenters. The van der Waals surface area contributed by atoms with E-state index in [2.05, 4.69) is 28.9 Å². The highest BCUT2D eigenvalue weighted by atomic mass is 79.9. The second-order valence-corrected chi connectivity index (χ2v) is 3.74. The Hall–Kier alpha value is -0.340. The van der Waals surface area contributed by atoms with Gasteiger partial charge in [-0.3, -0.25) is 0 Å². The van der Waals surface area contributed by atoms with E-state index in [1.54, 1.807) is 6.92 Å². The molecule has 0 amide bonds. The fourth-order valence-electron chi connectivity index (χ4n) is 1.13. The number of benzene rings is 1. The lowest BCUT2D eigenvalue weighted by molar-refractivity contribution is 0.198. The Bertz CT molecular complexity index is 269. The molecule has 66 valence electrons. The summed E-state index contributed by atoms with van der Waals surface area (Å²) < 4.78 is 0.997. The standard InChI is InChI=1S/C10H13BrO/c1-3-8-4-5-9(7(2)12)10(11)6-8/h4-7,12H,3H2,1-2H3. The predicted octanol–water partition coefficient (Wildman–Crippen LogP) is 3.06. The zero-order valence-electron chi connectivity index (χ0n) is 7.34. The van der Waals surface area contributed by atoms with Crippen LogP contribution in [0.1, 0.15) is 31.1 Å². The van der Waals surface area contributed by atoms with Gasteiger partial charge in [0.25, 0.3) is 0 Å². The molecule has 2 heteroatoms. The molecule has 0 aromatic heterocycles. The van der Waals surface area contributed by atoms with E-state index >= 15 is 0 Å². The Balaban J connectivity index is 3.03. The number of aliphatic hydroxyl groups excluding tert-OH is 1. The molecular formula is C10H13BrO. The van der Waals surface area contributed by atoms with Crippen LogP contribution in [0.15, 0.2) is 22.7 Å². The maximum absolute atomic E-state index is 9.34. The summed E-state index contributed by atoms with van der Waals surface area (Å²) in [5.41, 5.74) is 2.23. The van der Waals surface area contributed by atoms with Crippen LogP contribution in [0.3, 0.4) is 0 Å². The van der Waals surface area contributed by atoms with E-state index in [9.17, 15) is 5.11 Å². The summed E-state index contributed by atoms with van der Waals surface area (Å²) in [5.74, 6) is 0. The summed E-state index contributed by atoms with van der Waals surface area (Å²) in [7, 11) is 0. The largest absolute Gasteiger partial charge is 0.389 e. The summed E-state index contributed by atoms with van der Waals surface area (Å²) in [4.78, 5) is 0. The van der Waals surface area contributed by atoms with E-state index < -0.39 is 6.10 Å². The van der Waals surface area contributed by atoms with E-state index in [0.29, 0.717) is 0 Å². The SMILES string of the molecule is CCc1ccc(C(C)O)c(Br)c1. The Morgan fingerprint density at radius 2 is 2.17 bits per heavy atom. The van der Waals surface area contributed by atoms with Crippen LogP contribution >= 0.6 is 15.9 Å². The van der Waals surface area contributed by atoms with E-state index in [0.717, 1.165) is 16.5 Å². The molecule has 12 heavy (non-hydrogen) atoms. The predicted molar refractivity (Wildman–Crippen MR) is 54.2 cm³/mol. The first kappa shape index (κ1) is 9.75. The van der Waals surface area contributed by atoms with Gasteiger partial charge in [0.2, 0.25) is 0 Å². The lowest BCUT2D eigenvalue weighted by Gasteiger charge is -2.08. The van der Waals surface area contributed by atoms with Crippen LogP contribution in [-0.2, 0) is 6.42 Å². The van der Waals surface area contributed by atoms with Crippen LogP contribution in [0.4, 0.5) is 0 Å². The average molecular weight is 229 g/mol. The number of hydrogen-bond acceptors (Lipinski definition) is 1. The third-order valence-electron chi connectivity index (χ3n) is 1.92. The second kappa shape index (κ2) is 4.06. The highest BCUT2D eigenvalue weighted by Crippen LogP contribution is 2.24. The fourth-order valence-corrected chi connectivity index (χ4v) is 1.89. The highest BCUT2D eigenvalue weighted by Gasteiger charge is 2.05. The van der Waals surface area contributed by atoms with Crippen molar-refractivity contribution in [3.63, 3.8) is 0 Å². The minimum Gasteiger partial charge on any atom is -0.389 e. The topological polar surface area (TPSA) is 20.2 Å². The van der Waals surface area contributed by atoms with E-state index in [-0.39, 0.29) is 0 Å². The van der Waals surface area contributed by atoms with Crippen LogP contribution in [-0.4, -0.2) is 5.11 Å². The van der Waals surface area contributed by atoms with Gasteiger partial charge in [0.15, 0.2) is 0 Å². The lowest BCUT2D eigenvalue weighted by atomic mass is 10.1. The van der Waals surface area contributed by atoms with Crippen molar-refractivity contribution in [1.82, 2.24) is 0 Å². The molecule has 1 nitrogen and oxygen atoms in total. The van der Waals surface area contributed by atoms with Crippen molar-refractivity contribution < 1.29 is 5.11 Å². The van der Waals surface area contributed by atoms with Gasteiger partial charge in [-0.1, -0.05) is 35.0 Å². The number of aliphatic hydroxyl groups is 1. The molecule has 0 aliphatic carbocycles. The van der Waals surface area contributed by atoms with E-state index in [4.69, 9.17) is 0 Å². The third kappa shape index (κ3) is 2.08. The molecule has 0 spiro atoms. The molecule has 1 atom stereocenters. The quantitative estimate of drug-likeness (QED) is 0.826. The molecule has 0 aliphatic rings. The molecule has 0 aliphatic heterocycles. The van der Waals surface area contributed by atoms with Crippen molar-refractivity contribution in [3.05, 3.63) is 33.8 Å². The van der Waals surface area contributed by atoms with Crippen LogP contribution in [0, 0.1) is 0 Å². The first-order valence-electron chi connectivity index (χ1n) is 4.11. The lowest BCUT2D eigenvalue weighted by Crippen LogP contribution is -1.93.